The molecule has 1 aliphatic heterocycles. The Morgan fingerprint density at radius 3 is 2.88 bits per heavy atom. The van der Waals surface area contributed by atoms with Gasteiger partial charge in [-0.25, -0.2) is 0 Å². The average molecular weight is 266 g/mol. The highest BCUT2D eigenvalue weighted by molar-refractivity contribution is 8.17. The highest BCUT2D eigenvalue weighted by Gasteiger charge is 2.31. The first-order chi connectivity index (χ1) is 8.13. The highest BCUT2D eigenvalue weighted by atomic mass is 32.2. The van der Waals surface area contributed by atoms with Crippen molar-refractivity contribution in [3.8, 4) is 0 Å². The lowest BCUT2D eigenvalue weighted by Gasteiger charge is -2.35. The molecule has 1 atom stereocenters. The molecular weight excluding hydrogens is 244 g/mol. The Balaban J connectivity index is 2.26. The van der Waals surface area contributed by atoms with Crippen molar-refractivity contribution in [1.29, 1.82) is 0 Å². The minimum absolute atomic E-state index is 0.443. The molecule has 0 N–H and O–H groups in total. The zero-order valence-electron chi connectivity index (χ0n) is 11.0. The molecule has 1 aromatic rings. The Kier molecular flexibility index (Phi) is 4.48. The van der Waals surface area contributed by atoms with Gasteiger partial charge in [0.05, 0.1) is 4.58 Å². The molecule has 17 heavy (non-hydrogen) atoms. The number of hydrogen-bond acceptors (Lipinski definition) is 2. The van der Waals surface area contributed by atoms with Crippen LogP contribution in [0.1, 0.15) is 39.2 Å². The highest BCUT2D eigenvalue weighted by Crippen LogP contribution is 2.47. The van der Waals surface area contributed by atoms with Crippen LogP contribution in [0.3, 0.4) is 0 Å². The molecule has 1 heterocycles. The fourth-order valence-corrected chi connectivity index (χ4v) is 5.37. The summed E-state index contributed by atoms with van der Waals surface area (Å²) in [6, 6.07) is 8.95. The maximum absolute atomic E-state index is 2.43. The van der Waals surface area contributed by atoms with Gasteiger partial charge in [0.1, 0.15) is 0 Å². The largest absolute Gasteiger partial charge is 0.147 e. The zero-order chi connectivity index (χ0) is 12.3. The molecule has 2 heteroatoms. The van der Waals surface area contributed by atoms with Crippen molar-refractivity contribution in [3.63, 3.8) is 0 Å². The summed E-state index contributed by atoms with van der Waals surface area (Å²) in [6.45, 7) is 7.13. The molecule has 0 saturated carbocycles. The first kappa shape index (κ1) is 13.4. The maximum Gasteiger partial charge on any atom is 0.0600 e. The third-order valence-corrected chi connectivity index (χ3v) is 6.91. The van der Waals surface area contributed by atoms with Crippen molar-refractivity contribution in [3.05, 3.63) is 29.8 Å². The molecule has 0 aromatic heterocycles. The van der Waals surface area contributed by atoms with Crippen LogP contribution in [-0.4, -0.2) is 10.3 Å². The van der Waals surface area contributed by atoms with Gasteiger partial charge in [-0.3, -0.25) is 0 Å². The SMILES string of the molecule is CCSC1Sc2ccccc2CCCC1(C)C. The minimum atomic E-state index is 0.443. The average Bonchev–Trinajstić information content (AvgIpc) is 2.29. The second-order valence-electron chi connectivity index (χ2n) is 5.35. The Morgan fingerprint density at radius 1 is 1.35 bits per heavy atom. The van der Waals surface area contributed by atoms with Gasteiger partial charge < -0.3 is 0 Å². The second-order valence-corrected chi connectivity index (χ2v) is 8.18. The standard InChI is InChI=1S/C15H22S2/c1-4-16-14-15(2,3)11-7-9-12-8-5-6-10-13(12)17-14/h5-6,8,10,14H,4,7,9,11H2,1-3H3. The molecule has 2 rings (SSSR count). The lowest BCUT2D eigenvalue weighted by atomic mass is 9.88. The van der Waals surface area contributed by atoms with Gasteiger partial charge in [-0.05, 0) is 42.1 Å². The van der Waals surface area contributed by atoms with Gasteiger partial charge in [0.25, 0.3) is 0 Å². The summed E-state index contributed by atoms with van der Waals surface area (Å²) in [7, 11) is 0. The Labute approximate surface area is 114 Å². The monoisotopic (exact) mass is 266 g/mol. The van der Waals surface area contributed by atoms with E-state index >= 15 is 0 Å². The van der Waals surface area contributed by atoms with Crippen molar-refractivity contribution >= 4 is 23.5 Å². The summed E-state index contributed by atoms with van der Waals surface area (Å²) in [5, 5.41) is 0. The van der Waals surface area contributed by atoms with Gasteiger partial charge in [0.15, 0.2) is 0 Å². The van der Waals surface area contributed by atoms with Crippen LogP contribution < -0.4 is 0 Å². The Bertz CT molecular complexity index is 371. The molecule has 0 spiro atoms. The molecule has 1 aromatic carbocycles. The van der Waals surface area contributed by atoms with Crippen LogP contribution in [0.4, 0.5) is 0 Å². The first-order valence-corrected chi connectivity index (χ1v) is 8.42. The molecule has 0 radical (unpaired) electrons. The van der Waals surface area contributed by atoms with E-state index in [9.17, 15) is 0 Å². The predicted octanol–water partition coefficient (Wildman–Crippen LogP) is 5.22. The molecule has 0 bridgehead atoms. The third kappa shape index (κ3) is 3.23. The van der Waals surface area contributed by atoms with Crippen LogP contribution in [0, 0.1) is 5.41 Å². The van der Waals surface area contributed by atoms with Crippen molar-refractivity contribution in [2.75, 3.05) is 5.75 Å². The number of hydrogen-bond donors (Lipinski definition) is 0. The molecule has 1 aliphatic rings. The Morgan fingerprint density at radius 2 is 2.12 bits per heavy atom. The summed E-state index contributed by atoms with van der Waals surface area (Å²) in [4.78, 5) is 1.51. The van der Waals surface area contributed by atoms with Crippen LogP contribution in [0.25, 0.3) is 0 Å². The van der Waals surface area contributed by atoms with E-state index in [1.807, 2.05) is 0 Å². The number of rotatable bonds is 2. The van der Waals surface area contributed by atoms with Gasteiger partial charge in [-0.2, -0.15) is 0 Å². The molecule has 1 unspecified atom stereocenters. The van der Waals surface area contributed by atoms with Crippen LogP contribution in [0.5, 0.6) is 0 Å². The fourth-order valence-electron chi connectivity index (χ4n) is 2.36. The van der Waals surface area contributed by atoms with Crippen LogP contribution >= 0.6 is 23.5 Å². The maximum atomic E-state index is 2.43. The molecule has 0 fully saturated rings. The van der Waals surface area contributed by atoms with Crippen LogP contribution in [0.2, 0.25) is 0 Å². The Hall–Kier alpha value is -0.0800. The molecule has 0 aliphatic carbocycles. The van der Waals surface area contributed by atoms with E-state index in [1.54, 1.807) is 5.56 Å². The van der Waals surface area contributed by atoms with E-state index < -0.39 is 0 Å². The van der Waals surface area contributed by atoms with Gasteiger partial charge in [0, 0.05) is 4.90 Å². The van der Waals surface area contributed by atoms with Gasteiger partial charge in [0.2, 0.25) is 0 Å². The van der Waals surface area contributed by atoms with Crippen molar-refractivity contribution in [1.82, 2.24) is 0 Å². The fraction of sp³-hybridized carbons (Fsp3) is 0.600. The van der Waals surface area contributed by atoms with E-state index in [4.69, 9.17) is 0 Å². The number of benzene rings is 1. The zero-order valence-corrected chi connectivity index (χ0v) is 12.7. The number of aryl methyl sites for hydroxylation is 1. The second kappa shape index (κ2) is 5.71. The number of fused-ring (bicyclic) bond motifs is 1. The molecule has 0 nitrogen and oxygen atoms in total. The van der Waals surface area contributed by atoms with E-state index in [-0.39, 0.29) is 0 Å². The minimum Gasteiger partial charge on any atom is -0.147 e. The van der Waals surface area contributed by atoms with E-state index in [0.29, 0.717) is 10.00 Å². The molecular formula is C15H22S2. The number of thioether (sulfide) groups is 2. The lowest BCUT2D eigenvalue weighted by Crippen LogP contribution is -2.25. The lowest BCUT2D eigenvalue weighted by molar-refractivity contribution is 0.356. The van der Waals surface area contributed by atoms with E-state index in [2.05, 4.69) is 68.6 Å². The van der Waals surface area contributed by atoms with E-state index in [0.717, 1.165) is 0 Å². The van der Waals surface area contributed by atoms with Crippen LogP contribution in [-0.2, 0) is 6.42 Å². The smallest absolute Gasteiger partial charge is 0.0600 e. The molecule has 0 amide bonds. The van der Waals surface area contributed by atoms with Gasteiger partial charge in [-0.15, -0.1) is 23.5 Å². The quantitative estimate of drug-likeness (QED) is 0.719. The molecule has 0 saturated heterocycles. The van der Waals surface area contributed by atoms with E-state index in [1.165, 1.54) is 29.9 Å². The summed E-state index contributed by atoms with van der Waals surface area (Å²) in [5.74, 6) is 1.21. The van der Waals surface area contributed by atoms with Crippen molar-refractivity contribution in [2.45, 2.75) is 49.5 Å². The third-order valence-electron chi connectivity index (χ3n) is 3.43. The van der Waals surface area contributed by atoms with Crippen molar-refractivity contribution in [2.24, 2.45) is 5.41 Å². The van der Waals surface area contributed by atoms with Gasteiger partial charge in [-0.1, -0.05) is 39.0 Å². The summed E-state index contributed by atoms with van der Waals surface area (Å²) in [5.41, 5.74) is 1.99. The summed E-state index contributed by atoms with van der Waals surface area (Å²) >= 11 is 4.19. The molecule has 94 valence electrons. The summed E-state index contributed by atoms with van der Waals surface area (Å²) < 4.78 is 0.689. The summed E-state index contributed by atoms with van der Waals surface area (Å²) in [6.07, 6.45) is 3.91. The first-order valence-electron chi connectivity index (χ1n) is 6.49. The predicted molar refractivity (Wildman–Crippen MR) is 80.9 cm³/mol. The normalized spacial score (nSPS) is 23.6. The van der Waals surface area contributed by atoms with Crippen molar-refractivity contribution < 1.29 is 0 Å². The topological polar surface area (TPSA) is 0 Å². The van der Waals surface area contributed by atoms with Crippen LogP contribution in [0.15, 0.2) is 29.2 Å². The van der Waals surface area contributed by atoms with Gasteiger partial charge >= 0.3 is 0 Å².